The summed E-state index contributed by atoms with van der Waals surface area (Å²) in [5.74, 6) is 0.336. The molecule has 0 aliphatic rings. The van der Waals surface area contributed by atoms with E-state index >= 15 is 0 Å². The molecule has 0 radical (unpaired) electrons. The summed E-state index contributed by atoms with van der Waals surface area (Å²) in [5.41, 5.74) is 1.94. The minimum Gasteiger partial charge on any atom is -0.497 e. The van der Waals surface area contributed by atoms with Crippen molar-refractivity contribution in [3.05, 3.63) is 54.1 Å². The molecular weight excluding hydrogens is 364 g/mol. The fourth-order valence-corrected chi connectivity index (χ4v) is 3.53. The van der Waals surface area contributed by atoms with Crippen LogP contribution in [-0.4, -0.2) is 28.0 Å². The Morgan fingerprint density at radius 3 is 2.30 bits per heavy atom. The van der Waals surface area contributed by atoms with Gasteiger partial charge in [0.1, 0.15) is 5.75 Å². The number of nitrogens with one attached hydrogen (secondary N) is 2. The predicted octanol–water partition coefficient (Wildman–Crippen LogP) is 3.34. The van der Waals surface area contributed by atoms with Crippen molar-refractivity contribution in [2.45, 2.75) is 37.5 Å². The third-order valence-electron chi connectivity index (χ3n) is 4.07. The number of hydrogen-bond acceptors (Lipinski definition) is 4. The first-order valence-electron chi connectivity index (χ1n) is 8.97. The second kappa shape index (κ2) is 10.1. The molecule has 2 rings (SSSR count). The van der Waals surface area contributed by atoms with E-state index in [2.05, 4.69) is 17.0 Å². The minimum atomic E-state index is -3.65. The molecule has 0 aromatic heterocycles. The quantitative estimate of drug-likeness (QED) is 0.652. The summed E-state index contributed by atoms with van der Waals surface area (Å²) in [6, 6.07) is 13.8. The van der Waals surface area contributed by atoms with Crippen LogP contribution in [0.15, 0.2) is 53.4 Å². The number of ether oxygens (including phenoxy) is 1. The van der Waals surface area contributed by atoms with E-state index in [9.17, 15) is 13.2 Å². The maximum Gasteiger partial charge on any atom is 0.240 e. The van der Waals surface area contributed by atoms with Crippen molar-refractivity contribution in [2.75, 3.05) is 19.0 Å². The standard InChI is InChI=1S/C20H26N2O4S/c1-3-4-5-16-6-8-17(9-7-16)22-20(23)14-15-21-27(24,25)19-12-10-18(26-2)11-13-19/h6-13,21H,3-5,14-15H2,1-2H3,(H,22,23). The zero-order valence-electron chi connectivity index (χ0n) is 15.7. The number of anilines is 1. The van der Waals surface area contributed by atoms with Gasteiger partial charge in [0.15, 0.2) is 0 Å². The number of rotatable bonds is 10. The van der Waals surface area contributed by atoms with Crippen LogP contribution in [0.2, 0.25) is 0 Å². The molecule has 0 atom stereocenters. The van der Waals surface area contributed by atoms with Crippen LogP contribution in [0.3, 0.4) is 0 Å². The highest BCUT2D eigenvalue weighted by atomic mass is 32.2. The van der Waals surface area contributed by atoms with Crippen LogP contribution >= 0.6 is 0 Å². The average molecular weight is 391 g/mol. The highest BCUT2D eigenvalue weighted by molar-refractivity contribution is 7.89. The molecule has 2 N–H and O–H groups in total. The Hall–Kier alpha value is -2.38. The van der Waals surface area contributed by atoms with Crippen molar-refractivity contribution >= 4 is 21.6 Å². The van der Waals surface area contributed by atoms with E-state index < -0.39 is 10.0 Å². The minimum absolute atomic E-state index is 0.0226. The molecule has 146 valence electrons. The zero-order chi connectivity index (χ0) is 19.7. The first kappa shape index (κ1) is 20.9. The van der Waals surface area contributed by atoms with Gasteiger partial charge in [-0.2, -0.15) is 0 Å². The number of benzene rings is 2. The average Bonchev–Trinajstić information content (AvgIpc) is 2.67. The van der Waals surface area contributed by atoms with Crippen LogP contribution in [-0.2, 0) is 21.2 Å². The number of aryl methyl sites for hydroxylation is 1. The largest absolute Gasteiger partial charge is 0.497 e. The van der Waals surface area contributed by atoms with E-state index in [0.717, 1.165) is 19.3 Å². The highest BCUT2D eigenvalue weighted by Crippen LogP contribution is 2.15. The Balaban J connectivity index is 1.80. The van der Waals surface area contributed by atoms with E-state index in [-0.39, 0.29) is 23.8 Å². The summed E-state index contributed by atoms with van der Waals surface area (Å²) in [6.07, 6.45) is 3.36. The van der Waals surface area contributed by atoms with E-state index in [1.54, 1.807) is 12.1 Å². The lowest BCUT2D eigenvalue weighted by molar-refractivity contribution is -0.116. The Morgan fingerprint density at radius 1 is 1.04 bits per heavy atom. The van der Waals surface area contributed by atoms with E-state index in [0.29, 0.717) is 11.4 Å². The fraction of sp³-hybridized carbons (Fsp3) is 0.350. The van der Waals surface area contributed by atoms with Crippen LogP contribution in [0.5, 0.6) is 5.75 Å². The molecule has 0 unspecified atom stereocenters. The second-order valence-electron chi connectivity index (χ2n) is 6.17. The zero-order valence-corrected chi connectivity index (χ0v) is 16.5. The lowest BCUT2D eigenvalue weighted by atomic mass is 10.1. The Labute approximate surface area is 161 Å². The molecular formula is C20H26N2O4S. The van der Waals surface area contributed by atoms with Crippen LogP contribution < -0.4 is 14.8 Å². The lowest BCUT2D eigenvalue weighted by Gasteiger charge is -2.09. The monoisotopic (exact) mass is 390 g/mol. The van der Waals surface area contributed by atoms with E-state index in [1.165, 1.54) is 24.8 Å². The molecule has 0 spiro atoms. The number of unbranched alkanes of at least 4 members (excludes halogenated alkanes) is 1. The third kappa shape index (κ3) is 6.69. The predicted molar refractivity (Wildman–Crippen MR) is 106 cm³/mol. The number of methoxy groups -OCH3 is 1. The summed E-state index contributed by atoms with van der Waals surface area (Å²) in [4.78, 5) is 12.1. The first-order chi connectivity index (χ1) is 12.9. The first-order valence-corrected chi connectivity index (χ1v) is 10.5. The van der Waals surface area contributed by atoms with Crippen molar-refractivity contribution in [1.29, 1.82) is 0 Å². The lowest BCUT2D eigenvalue weighted by Crippen LogP contribution is -2.27. The maximum atomic E-state index is 12.2. The molecule has 27 heavy (non-hydrogen) atoms. The molecule has 2 aromatic rings. The van der Waals surface area contributed by atoms with Gasteiger partial charge < -0.3 is 10.1 Å². The smallest absolute Gasteiger partial charge is 0.240 e. The Morgan fingerprint density at radius 2 is 1.70 bits per heavy atom. The van der Waals surface area contributed by atoms with Gasteiger partial charge in [-0.05, 0) is 54.8 Å². The molecule has 7 heteroatoms. The topological polar surface area (TPSA) is 84.5 Å². The van der Waals surface area contributed by atoms with Gasteiger partial charge in [0, 0.05) is 18.7 Å². The number of sulfonamides is 1. The van der Waals surface area contributed by atoms with Gasteiger partial charge in [0.2, 0.25) is 15.9 Å². The van der Waals surface area contributed by atoms with Crippen molar-refractivity contribution in [1.82, 2.24) is 4.72 Å². The van der Waals surface area contributed by atoms with Gasteiger partial charge in [-0.1, -0.05) is 25.5 Å². The molecule has 0 fully saturated rings. The maximum absolute atomic E-state index is 12.2. The molecule has 6 nitrogen and oxygen atoms in total. The van der Waals surface area contributed by atoms with Crippen molar-refractivity contribution in [3.8, 4) is 5.75 Å². The summed E-state index contributed by atoms with van der Waals surface area (Å²) >= 11 is 0. The molecule has 2 aromatic carbocycles. The summed E-state index contributed by atoms with van der Waals surface area (Å²) in [6.45, 7) is 2.17. The molecule has 0 heterocycles. The van der Waals surface area contributed by atoms with E-state index in [4.69, 9.17) is 4.74 Å². The van der Waals surface area contributed by atoms with Gasteiger partial charge in [0.05, 0.1) is 12.0 Å². The van der Waals surface area contributed by atoms with Gasteiger partial charge in [-0.3, -0.25) is 4.79 Å². The summed E-state index contributed by atoms with van der Waals surface area (Å²) in [5, 5.41) is 2.78. The van der Waals surface area contributed by atoms with Gasteiger partial charge in [0.25, 0.3) is 0 Å². The molecule has 1 amide bonds. The molecule has 0 aliphatic carbocycles. The number of hydrogen-bond donors (Lipinski definition) is 2. The SMILES string of the molecule is CCCCc1ccc(NC(=O)CCNS(=O)(=O)c2ccc(OC)cc2)cc1. The Kier molecular flexibility index (Phi) is 7.82. The molecule has 0 saturated carbocycles. The third-order valence-corrected chi connectivity index (χ3v) is 5.55. The van der Waals surface area contributed by atoms with Crippen LogP contribution in [0.25, 0.3) is 0 Å². The van der Waals surface area contributed by atoms with Crippen LogP contribution in [0.1, 0.15) is 31.7 Å². The summed E-state index contributed by atoms with van der Waals surface area (Å²) in [7, 11) is -2.14. The molecule has 0 aliphatic heterocycles. The number of carbonyl (C=O) groups excluding carboxylic acids is 1. The molecule has 0 saturated heterocycles. The highest BCUT2D eigenvalue weighted by Gasteiger charge is 2.14. The molecule has 0 bridgehead atoms. The summed E-state index contributed by atoms with van der Waals surface area (Å²) < 4.78 is 31.9. The van der Waals surface area contributed by atoms with E-state index in [1.807, 2.05) is 24.3 Å². The van der Waals surface area contributed by atoms with Crippen molar-refractivity contribution in [3.63, 3.8) is 0 Å². The second-order valence-corrected chi connectivity index (χ2v) is 7.94. The van der Waals surface area contributed by atoms with Crippen molar-refractivity contribution in [2.24, 2.45) is 0 Å². The van der Waals surface area contributed by atoms with Gasteiger partial charge >= 0.3 is 0 Å². The van der Waals surface area contributed by atoms with Gasteiger partial charge in [-0.25, -0.2) is 13.1 Å². The normalized spacial score (nSPS) is 11.2. The van der Waals surface area contributed by atoms with Crippen LogP contribution in [0.4, 0.5) is 5.69 Å². The van der Waals surface area contributed by atoms with Gasteiger partial charge in [-0.15, -0.1) is 0 Å². The number of amides is 1. The van der Waals surface area contributed by atoms with Crippen LogP contribution in [0, 0.1) is 0 Å². The fourth-order valence-electron chi connectivity index (χ4n) is 2.50. The number of carbonyl (C=O) groups is 1. The Bertz CT molecular complexity index is 831. The van der Waals surface area contributed by atoms with Crippen molar-refractivity contribution < 1.29 is 17.9 Å².